The Labute approximate surface area is 115 Å². The molecular weight excluding hydrogens is 311 g/mol. The monoisotopic (exact) mass is 321 g/mol. The average molecular weight is 324 g/mol. The predicted molar refractivity (Wildman–Crippen MR) is 69.6 cm³/mol. The van der Waals surface area contributed by atoms with Gasteiger partial charge in [0.15, 0.2) is 0 Å². The zero-order chi connectivity index (χ0) is 9.46. The summed E-state index contributed by atoms with van der Waals surface area (Å²) < 4.78 is 0. The van der Waals surface area contributed by atoms with Crippen molar-refractivity contribution < 1.29 is 0 Å². The lowest BCUT2D eigenvalue weighted by molar-refractivity contribution is 0.544. The Hall–Kier alpha value is 1.70. The zero-order valence-corrected chi connectivity index (χ0v) is 11.0. The van der Waals surface area contributed by atoms with Gasteiger partial charge in [-0.05, 0) is 0 Å². The lowest BCUT2D eigenvalue weighted by Gasteiger charge is -2.37. The second-order valence-corrected chi connectivity index (χ2v) is 5.69. The van der Waals surface area contributed by atoms with Gasteiger partial charge in [-0.3, -0.25) is 0 Å². The summed E-state index contributed by atoms with van der Waals surface area (Å²) in [6, 6.07) is 0. The first-order valence-corrected chi connectivity index (χ1v) is 5.93. The second kappa shape index (κ2) is 7.11. The third kappa shape index (κ3) is 3.35. The lowest BCUT2D eigenvalue weighted by atomic mass is 9.97. The second-order valence-electron chi connectivity index (χ2n) is 2.67. The minimum absolute atomic E-state index is 0. The molecule has 0 amide bonds. The highest BCUT2D eigenvalue weighted by Crippen LogP contribution is 2.39. The molecule has 14 heavy (non-hydrogen) atoms. The highest BCUT2D eigenvalue weighted by molar-refractivity contribution is 6.45. The van der Waals surface area contributed by atoms with Gasteiger partial charge in [0.2, 0.25) is 0 Å². The van der Waals surface area contributed by atoms with Crippen LogP contribution in [-0.2, 0) is 0 Å². The molecule has 88 valence electrons. The maximum atomic E-state index is 5.88. The summed E-state index contributed by atoms with van der Waals surface area (Å²) in [7, 11) is 0. The van der Waals surface area contributed by atoms with E-state index in [-0.39, 0.29) is 13.6 Å². The van der Waals surface area contributed by atoms with Gasteiger partial charge in [0.25, 0.3) is 0 Å². The molecule has 0 unspecified atom stereocenters. The molecule has 0 spiro atoms. The van der Waals surface area contributed by atoms with E-state index in [4.69, 9.17) is 69.6 Å². The smallest absolute Gasteiger partial charge is 0.0693 e. The molecule has 0 aromatic rings. The fourth-order valence-corrected chi connectivity index (χ4v) is 3.38. The molecule has 7 heteroatoms. The first kappa shape index (κ1) is 18.1. The van der Waals surface area contributed by atoms with Gasteiger partial charge in [-0.1, -0.05) is 7.43 Å². The van der Waals surface area contributed by atoms with Gasteiger partial charge in [0.1, 0.15) is 0 Å². The molecule has 0 radical (unpaired) electrons. The minimum atomic E-state index is -0.437. The van der Waals surface area contributed by atoms with Gasteiger partial charge in [-0.2, -0.15) is 0 Å². The average Bonchev–Trinajstić information content (AvgIpc) is 2.08. The van der Waals surface area contributed by atoms with Crippen LogP contribution in [0.25, 0.3) is 0 Å². The summed E-state index contributed by atoms with van der Waals surface area (Å²) in [6.45, 7) is 0. The van der Waals surface area contributed by atoms with Gasteiger partial charge in [-0.25, -0.2) is 0 Å². The van der Waals surface area contributed by atoms with E-state index in [0.717, 1.165) is 0 Å². The molecule has 1 aliphatic rings. The summed E-state index contributed by atoms with van der Waals surface area (Å²) in [5, 5.41) is -2.62. The molecule has 0 atom stereocenters. The summed E-state index contributed by atoms with van der Waals surface area (Å²) in [5.41, 5.74) is 0. The van der Waals surface area contributed by atoms with E-state index < -0.39 is 32.3 Å². The fourth-order valence-electron chi connectivity index (χ4n) is 1.05. The normalized spacial score (nSPS) is 47.6. The van der Waals surface area contributed by atoms with E-state index in [9.17, 15) is 0 Å². The quantitative estimate of drug-likeness (QED) is 0.657. The van der Waals surface area contributed by atoms with Crippen LogP contribution < -0.4 is 6.15 Å². The van der Waals surface area contributed by atoms with E-state index in [1.807, 2.05) is 0 Å². The summed E-state index contributed by atoms with van der Waals surface area (Å²) in [6.07, 6.45) is 0. The summed E-state index contributed by atoms with van der Waals surface area (Å²) >= 11 is 35.3. The molecule has 0 aromatic carbocycles. The number of hydrogen-bond acceptors (Lipinski definition) is 1. The van der Waals surface area contributed by atoms with Crippen LogP contribution in [0.2, 0.25) is 0 Å². The van der Waals surface area contributed by atoms with E-state index in [2.05, 4.69) is 0 Å². The molecule has 1 saturated carbocycles. The predicted octanol–water partition coefficient (Wildman–Crippen LogP) is 4.44. The van der Waals surface area contributed by atoms with Gasteiger partial charge in [-0.15, -0.1) is 69.6 Å². The topological polar surface area (TPSA) is 35.0 Å². The Balaban J connectivity index is 0. The molecule has 0 saturated heterocycles. The number of alkyl halides is 6. The van der Waals surface area contributed by atoms with Crippen LogP contribution in [-0.4, -0.2) is 32.3 Å². The number of hydrogen-bond donors (Lipinski definition) is 1. The molecule has 0 aromatic heterocycles. The number of rotatable bonds is 0. The van der Waals surface area contributed by atoms with Crippen molar-refractivity contribution in [1.29, 1.82) is 0 Å². The molecule has 0 aliphatic heterocycles. The van der Waals surface area contributed by atoms with E-state index >= 15 is 0 Å². The van der Waals surface area contributed by atoms with Crippen molar-refractivity contribution in [1.82, 2.24) is 6.15 Å². The minimum Gasteiger partial charge on any atom is -0.344 e. The SMILES string of the molecule is C.ClC1C(Cl)C(Cl)C(Cl)C(Cl)C1Cl.N. The van der Waals surface area contributed by atoms with Crippen LogP contribution in [0.3, 0.4) is 0 Å². The maximum Gasteiger partial charge on any atom is 0.0693 e. The first-order valence-electron chi connectivity index (χ1n) is 3.31. The van der Waals surface area contributed by atoms with Crippen molar-refractivity contribution in [3.05, 3.63) is 0 Å². The first-order chi connectivity index (χ1) is 5.46. The highest BCUT2D eigenvalue weighted by Gasteiger charge is 2.46. The number of halogens is 6. The fraction of sp³-hybridized carbons (Fsp3) is 1.00. The Bertz CT molecular complexity index is 110. The van der Waals surface area contributed by atoms with Crippen molar-refractivity contribution in [3.63, 3.8) is 0 Å². The Morgan fingerprint density at radius 3 is 0.571 bits per heavy atom. The molecular formula is C7H13Cl6N. The van der Waals surface area contributed by atoms with Gasteiger partial charge >= 0.3 is 0 Å². The highest BCUT2D eigenvalue weighted by atomic mass is 35.5. The zero-order valence-electron chi connectivity index (χ0n) is 6.44. The van der Waals surface area contributed by atoms with Crippen molar-refractivity contribution >= 4 is 69.6 Å². The summed E-state index contributed by atoms with van der Waals surface area (Å²) in [4.78, 5) is 0. The Morgan fingerprint density at radius 2 is 0.500 bits per heavy atom. The molecule has 0 heterocycles. The van der Waals surface area contributed by atoms with Crippen molar-refractivity contribution in [2.75, 3.05) is 0 Å². The van der Waals surface area contributed by atoms with Crippen molar-refractivity contribution in [2.45, 2.75) is 39.7 Å². The molecule has 1 nitrogen and oxygen atoms in total. The van der Waals surface area contributed by atoms with E-state index in [1.54, 1.807) is 0 Å². The molecule has 1 aliphatic carbocycles. The Morgan fingerprint density at radius 1 is 0.429 bits per heavy atom. The van der Waals surface area contributed by atoms with Gasteiger partial charge in [0.05, 0.1) is 32.3 Å². The van der Waals surface area contributed by atoms with Crippen LogP contribution in [0.5, 0.6) is 0 Å². The van der Waals surface area contributed by atoms with Gasteiger partial charge in [0, 0.05) is 0 Å². The molecule has 1 fully saturated rings. The standard InChI is InChI=1S/C6H6Cl6.CH4.H3N/c7-1-2(8)4(10)6(12)5(11)3(1)9;;/h1-6H;1H4;1H3. The third-order valence-electron chi connectivity index (χ3n) is 1.83. The Kier molecular flexibility index (Phi) is 9.18. The van der Waals surface area contributed by atoms with Crippen LogP contribution >= 0.6 is 69.6 Å². The molecule has 0 bridgehead atoms. The van der Waals surface area contributed by atoms with Crippen LogP contribution in [0.1, 0.15) is 7.43 Å². The lowest BCUT2D eigenvalue weighted by Crippen LogP contribution is -2.52. The molecule has 3 N–H and O–H groups in total. The van der Waals surface area contributed by atoms with Gasteiger partial charge < -0.3 is 6.15 Å². The van der Waals surface area contributed by atoms with Crippen LogP contribution in [0.4, 0.5) is 0 Å². The maximum absolute atomic E-state index is 5.88. The van der Waals surface area contributed by atoms with E-state index in [0.29, 0.717) is 0 Å². The van der Waals surface area contributed by atoms with Crippen LogP contribution in [0, 0.1) is 0 Å². The largest absolute Gasteiger partial charge is 0.344 e. The van der Waals surface area contributed by atoms with Crippen molar-refractivity contribution in [3.8, 4) is 0 Å². The van der Waals surface area contributed by atoms with E-state index in [1.165, 1.54) is 0 Å². The third-order valence-corrected chi connectivity index (χ3v) is 5.86. The van der Waals surface area contributed by atoms with Crippen molar-refractivity contribution in [2.24, 2.45) is 0 Å². The van der Waals surface area contributed by atoms with Crippen LogP contribution in [0.15, 0.2) is 0 Å². The summed E-state index contributed by atoms with van der Waals surface area (Å²) in [5.74, 6) is 0. The molecule has 1 rings (SSSR count).